The average Bonchev–Trinajstić information content (AvgIpc) is 2.75. The van der Waals surface area contributed by atoms with E-state index in [9.17, 15) is 0 Å². The van der Waals surface area contributed by atoms with Gasteiger partial charge in [0.15, 0.2) is 0 Å². The SMILES string of the molecule is C=C.c1ccc(Cc2cccs2)cc1. The first-order chi connectivity index (χ1) is 6.95. The minimum absolute atomic E-state index is 1.07. The van der Waals surface area contributed by atoms with Gasteiger partial charge in [-0.3, -0.25) is 0 Å². The lowest BCUT2D eigenvalue weighted by atomic mass is 10.1. The zero-order valence-electron chi connectivity index (χ0n) is 8.15. The monoisotopic (exact) mass is 202 g/mol. The van der Waals surface area contributed by atoms with Crippen molar-refractivity contribution in [2.24, 2.45) is 0 Å². The third kappa shape index (κ3) is 3.19. The van der Waals surface area contributed by atoms with Gasteiger partial charge in [-0.25, -0.2) is 0 Å². The number of thiophene rings is 1. The summed E-state index contributed by atoms with van der Waals surface area (Å²) < 4.78 is 0. The van der Waals surface area contributed by atoms with Crippen LogP contribution in [0.2, 0.25) is 0 Å². The maximum absolute atomic E-state index is 3.00. The normalized spacial score (nSPS) is 8.86. The molecule has 0 amide bonds. The van der Waals surface area contributed by atoms with Crippen molar-refractivity contribution in [1.29, 1.82) is 0 Å². The van der Waals surface area contributed by atoms with Crippen LogP contribution in [0, 0.1) is 0 Å². The summed E-state index contributed by atoms with van der Waals surface area (Å²) in [5.74, 6) is 0. The van der Waals surface area contributed by atoms with Crippen LogP contribution in [0.3, 0.4) is 0 Å². The lowest BCUT2D eigenvalue weighted by Crippen LogP contribution is -1.81. The summed E-state index contributed by atoms with van der Waals surface area (Å²) in [5, 5.41) is 2.12. The van der Waals surface area contributed by atoms with E-state index >= 15 is 0 Å². The molecular weight excluding hydrogens is 188 g/mol. The maximum Gasteiger partial charge on any atom is 0.00890 e. The zero-order chi connectivity index (χ0) is 10.2. The van der Waals surface area contributed by atoms with Crippen LogP contribution in [-0.2, 0) is 6.42 Å². The van der Waals surface area contributed by atoms with E-state index in [1.54, 1.807) is 0 Å². The molecule has 0 N–H and O–H groups in total. The number of hydrogen-bond donors (Lipinski definition) is 0. The van der Waals surface area contributed by atoms with E-state index in [2.05, 4.69) is 61.0 Å². The number of rotatable bonds is 2. The molecule has 1 heterocycles. The van der Waals surface area contributed by atoms with Gasteiger partial charge in [-0.05, 0) is 17.0 Å². The average molecular weight is 202 g/mol. The summed E-state index contributed by atoms with van der Waals surface area (Å²) in [4.78, 5) is 1.43. The second-order valence-electron chi connectivity index (χ2n) is 2.74. The Morgan fingerprint density at radius 2 is 1.64 bits per heavy atom. The van der Waals surface area contributed by atoms with Crippen molar-refractivity contribution in [2.45, 2.75) is 6.42 Å². The fourth-order valence-electron chi connectivity index (χ4n) is 1.21. The summed E-state index contributed by atoms with van der Waals surface area (Å²) in [6.45, 7) is 6.00. The van der Waals surface area contributed by atoms with Crippen LogP contribution in [0.4, 0.5) is 0 Å². The lowest BCUT2D eigenvalue weighted by molar-refractivity contribution is 1.24. The van der Waals surface area contributed by atoms with Gasteiger partial charge in [-0.15, -0.1) is 24.5 Å². The molecular formula is C13H14S. The Morgan fingerprint density at radius 1 is 0.929 bits per heavy atom. The Hall–Kier alpha value is -1.34. The van der Waals surface area contributed by atoms with Gasteiger partial charge in [0, 0.05) is 11.3 Å². The van der Waals surface area contributed by atoms with E-state index < -0.39 is 0 Å². The first-order valence-corrected chi connectivity index (χ1v) is 5.39. The topological polar surface area (TPSA) is 0 Å². The highest BCUT2D eigenvalue weighted by molar-refractivity contribution is 7.09. The van der Waals surface area contributed by atoms with Crippen LogP contribution >= 0.6 is 11.3 Å². The van der Waals surface area contributed by atoms with Gasteiger partial charge in [0.25, 0.3) is 0 Å². The Morgan fingerprint density at radius 3 is 2.21 bits per heavy atom. The van der Waals surface area contributed by atoms with Crippen molar-refractivity contribution in [3.8, 4) is 0 Å². The summed E-state index contributed by atoms with van der Waals surface area (Å²) in [5.41, 5.74) is 1.39. The van der Waals surface area contributed by atoms with E-state index in [1.807, 2.05) is 11.3 Å². The largest absolute Gasteiger partial charge is 0.149 e. The van der Waals surface area contributed by atoms with Crippen molar-refractivity contribution >= 4 is 11.3 Å². The molecule has 14 heavy (non-hydrogen) atoms. The molecule has 0 unspecified atom stereocenters. The van der Waals surface area contributed by atoms with Gasteiger partial charge in [0.2, 0.25) is 0 Å². The smallest absolute Gasteiger partial charge is 0.00890 e. The highest BCUT2D eigenvalue weighted by Gasteiger charge is 1.94. The van der Waals surface area contributed by atoms with Gasteiger partial charge in [-0.1, -0.05) is 36.4 Å². The Bertz CT molecular complexity index is 335. The summed E-state index contributed by atoms with van der Waals surface area (Å²) in [7, 11) is 0. The van der Waals surface area contributed by atoms with Crippen molar-refractivity contribution in [1.82, 2.24) is 0 Å². The van der Waals surface area contributed by atoms with E-state index in [1.165, 1.54) is 10.4 Å². The highest BCUT2D eigenvalue weighted by atomic mass is 32.1. The molecule has 1 aromatic heterocycles. The molecule has 2 aromatic rings. The molecule has 0 spiro atoms. The summed E-state index contributed by atoms with van der Waals surface area (Å²) in [6.07, 6.45) is 1.07. The van der Waals surface area contributed by atoms with Gasteiger partial charge in [0.05, 0.1) is 0 Å². The molecule has 0 aliphatic carbocycles. The van der Waals surface area contributed by atoms with Crippen molar-refractivity contribution < 1.29 is 0 Å². The summed E-state index contributed by atoms with van der Waals surface area (Å²) in [6, 6.07) is 14.8. The van der Waals surface area contributed by atoms with Gasteiger partial charge in [-0.2, -0.15) is 0 Å². The molecule has 0 radical (unpaired) electrons. The maximum atomic E-state index is 3.00. The molecule has 72 valence electrons. The molecule has 1 aromatic carbocycles. The van der Waals surface area contributed by atoms with Crippen LogP contribution in [0.1, 0.15) is 10.4 Å². The van der Waals surface area contributed by atoms with E-state index in [-0.39, 0.29) is 0 Å². The summed E-state index contributed by atoms with van der Waals surface area (Å²) >= 11 is 1.82. The standard InChI is InChI=1S/C11H10S.C2H4/c1-2-5-10(6-3-1)9-11-7-4-8-12-11;1-2/h1-8H,9H2;1-2H2. The first kappa shape index (κ1) is 10.7. The molecule has 2 rings (SSSR count). The van der Waals surface area contributed by atoms with Crippen molar-refractivity contribution in [2.75, 3.05) is 0 Å². The molecule has 0 aliphatic heterocycles. The molecule has 0 saturated heterocycles. The van der Waals surface area contributed by atoms with Crippen molar-refractivity contribution in [3.63, 3.8) is 0 Å². The van der Waals surface area contributed by atoms with Crippen LogP contribution in [0.25, 0.3) is 0 Å². The minimum Gasteiger partial charge on any atom is -0.149 e. The fourth-order valence-corrected chi connectivity index (χ4v) is 1.95. The molecule has 0 aliphatic rings. The second kappa shape index (κ2) is 6.17. The van der Waals surface area contributed by atoms with Crippen LogP contribution < -0.4 is 0 Å². The van der Waals surface area contributed by atoms with Gasteiger partial charge >= 0.3 is 0 Å². The number of benzene rings is 1. The number of hydrogen-bond acceptors (Lipinski definition) is 1. The second-order valence-corrected chi connectivity index (χ2v) is 3.77. The Balaban J connectivity index is 0.000000461. The highest BCUT2D eigenvalue weighted by Crippen LogP contribution is 2.13. The third-order valence-corrected chi connectivity index (χ3v) is 2.68. The van der Waals surface area contributed by atoms with Gasteiger partial charge in [0.1, 0.15) is 0 Å². The molecule has 0 bridgehead atoms. The minimum atomic E-state index is 1.07. The van der Waals surface area contributed by atoms with E-state index in [4.69, 9.17) is 0 Å². The Kier molecular flexibility index (Phi) is 4.73. The third-order valence-electron chi connectivity index (χ3n) is 1.80. The van der Waals surface area contributed by atoms with E-state index in [0.717, 1.165) is 6.42 Å². The predicted molar refractivity (Wildman–Crippen MR) is 64.8 cm³/mol. The first-order valence-electron chi connectivity index (χ1n) is 4.51. The van der Waals surface area contributed by atoms with Gasteiger partial charge < -0.3 is 0 Å². The van der Waals surface area contributed by atoms with Crippen LogP contribution in [-0.4, -0.2) is 0 Å². The molecule has 0 fully saturated rings. The fraction of sp³-hybridized carbons (Fsp3) is 0.0769. The van der Waals surface area contributed by atoms with Crippen LogP contribution in [0.5, 0.6) is 0 Å². The quantitative estimate of drug-likeness (QED) is 0.642. The molecule has 0 saturated carbocycles. The lowest BCUT2D eigenvalue weighted by Gasteiger charge is -1.96. The zero-order valence-corrected chi connectivity index (χ0v) is 8.96. The Labute approximate surface area is 89.5 Å². The van der Waals surface area contributed by atoms with Crippen molar-refractivity contribution in [3.05, 3.63) is 71.4 Å². The van der Waals surface area contributed by atoms with Crippen LogP contribution in [0.15, 0.2) is 61.0 Å². The predicted octanol–water partition coefficient (Wildman–Crippen LogP) is 4.14. The van der Waals surface area contributed by atoms with E-state index in [0.29, 0.717) is 0 Å². The molecule has 0 nitrogen and oxygen atoms in total. The molecule has 0 atom stereocenters. The molecule has 1 heteroatoms.